The van der Waals surface area contributed by atoms with Crippen LogP contribution in [0.2, 0.25) is 5.15 Å². The highest BCUT2D eigenvalue weighted by Gasteiger charge is 2.64. The van der Waals surface area contributed by atoms with E-state index in [-0.39, 0.29) is 27.4 Å². The molecular formula is C17H23ClN4O2. The quantitative estimate of drug-likeness (QED) is 0.467. The van der Waals surface area contributed by atoms with Crippen LogP contribution in [0.4, 0.5) is 5.82 Å². The van der Waals surface area contributed by atoms with Gasteiger partial charge in [0.15, 0.2) is 11.7 Å². The Balaban J connectivity index is 1.92. The van der Waals surface area contributed by atoms with Crippen molar-refractivity contribution in [3.05, 3.63) is 34.8 Å². The van der Waals surface area contributed by atoms with Crippen molar-refractivity contribution in [1.82, 2.24) is 4.98 Å². The van der Waals surface area contributed by atoms with Crippen LogP contribution in [0.1, 0.15) is 38.1 Å². The fourth-order valence-electron chi connectivity index (χ4n) is 2.85. The van der Waals surface area contributed by atoms with Crippen molar-refractivity contribution in [2.24, 2.45) is 33.2 Å². The molecule has 0 atom stereocenters. The van der Waals surface area contributed by atoms with E-state index in [9.17, 15) is 4.79 Å². The molecule has 0 radical (unpaired) electrons. The van der Waals surface area contributed by atoms with E-state index in [2.05, 4.69) is 37.7 Å². The van der Waals surface area contributed by atoms with Gasteiger partial charge in [-0.15, -0.1) is 0 Å². The van der Waals surface area contributed by atoms with Gasteiger partial charge in [-0.1, -0.05) is 39.3 Å². The van der Waals surface area contributed by atoms with Gasteiger partial charge in [-0.3, -0.25) is 4.79 Å². The van der Waals surface area contributed by atoms with E-state index >= 15 is 0 Å². The van der Waals surface area contributed by atoms with Crippen LogP contribution in [0, 0.1) is 16.7 Å². The molecule has 0 aromatic carbocycles. The van der Waals surface area contributed by atoms with E-state index in [1.54, 1.807) is 12.1 Å². The number of hydrogen-bond acceptors (Lipinski definition) is 5. The lowest BCUT2D eigenvalue weighted by atomic mass is 10.0. The van der Waals surface area contributed by atoms with Gasteiger partial charge in [-0.25, -0.2) is 9.98 Å². The minimum atomic E-state index is -0.633. The van der Waals surface area contributed by atoms with Crippen molar-refractivity contribution in [2.75, 3.05) is 6.61 Å². The highest BCUT2D eigenvalue weighted by molar-refractivity contribution is 6.32. The van der Waals surface area contributed by atoms with E-state index < -0.39 is 5.91 Å². The molecule has 1 saturated carbocycles. The number of allylic oxidation sites excluding steroid dienone is 1. The predicted octanol–water partition coefficient (Wildman–Crippen LogP) is 3.04. The number of carbonyl (C=O) groups excluding carboxylic acids is 1. The molecule has 0 spiro atoms. The van der Waals surface area contributed by atoms with E-state index in [0.717, 1.165) is 0 Å². The third kappa shape index (κ3) is 3.53. The number of hydrogen-bond donors (Lipinski definition) is 2. The molecule has 7 heteroatoms. The maximum atomic E-state index is 11.1. The Morgan fingerprint density at radius 2 is 1.96 bits per heavy atom. The maximum Gasteiger partial charge on any atom is 0.251 e. The number of pyridine rings is 1. The van der Waals surface area contributed by atoms with Crippen molar-refractivity contribution in [1.29, 1.82) is 0 Å². The first-order valence-corrected chi connectivity index (χ1v) is 8.04. The van der Waals surface area contributed by atoms with Crippen molar-refractivity contribution in [3.8, 4) is 0 Å². The molecule has 24 heavy (non-hydrogen) atoms. The molecule has 4 N–H and O–H groups in total. The molecule has 0 bridgehead atoms. The lowest BCUT2D eigenvalue weighted by molar-refractivity contribution is 0.1000. The Morgan fingerprint density at radius 3 is 2.46 bits per heavy atom. The van der Waals surface area contributed by atoms with E-state index in [1.807, 2.05) is 0 Å². The van der Waals surface area contributed by atoms with Gasteiger partial charge < -0.3 is 16.2 Å². The van der Waals surface area contributed by atoms with Gasteiger partial charge in [-0.2, -0.15) is 0 Å². The summed E-state index contributed by atoms with van der Waals surface area (Å²) in [5.74, 6) is 0.470. The normalized spacial score (nSPS) is 19.5. The third-order valence-electron chi connectivity index (χ3n) is 5.28. The number of nitrogens with two attached hydrogens (primary N) is 2. The van der Waals surface area contributed by atoms with Crippen LogP contribution in [0.15, 0.2) is 29.1 Å². The van der Waals surface area contributed by atoms with Crippen LogP contribution < -0.4 is 11.5 Å². The summed E-state index contributed by atoms with van der Waals surface area (Å²) in [6.45, 7) is 9.50. The first-order chi connectivity index (χ1) is 11.1. The molecule has 6 nitrogen and oxygen atoms in total. The molecule has 1 aliphatic rings. The number of ether oxygens (including phenoxy) is 1. The van der Waals surface area contributed by atoms with Crippen LogP contribution in [-0.4, -0.2) is 23.7 Å². The van der Waals surface area contributed by atoms with Crippen LogP contribution in [-0.2, 0) is 4.74 Å². The molecule has 130 valence electrons. The van der Waals surface area contributed by atoms with Gasteiger partial charge in [0.2, 0.25) is 0 Å². The first-order valence-electron chi connectivity index (χ1n) is 7.66. The predicted molar refractivity (Wildman–Crippen MR) is 95.2 cm³/mol. The summed E-state index contributed by atoms with van der Waals surface area (Å²) in [6.07, 6.45) is 3.03. The second-order valence-corrected chi connectivity index (χ2v) is 7.38. The molecule has 0 saturated heterocycles. The lowest BCUT2D eigenvalue weighted by Gasteiger charge is -2.06. The Bertz CT molecular complexity index is 697. The van der Waals surface area contributed by atoms with Crippen molar-refractivity contribution >= 4 is 29.5 Å². The summed E-state index contributed by atoms with van der Waals surface area (Å²) >= 11 is 5.86. The summed E-state index contributed by atoms with van der Waals surface area (Å²) in [5.41, 5.74) is 11.7. The maximum absolute atomic E-state index is 11.1. The van der Waals surface area contributed by atoms with Crippen molar-refractivity contribution < 1.29 is 9.53 Å². The first kappa shape index (κ1) is 18.3. The van der Waals surface area contributed by atoms with Crippen molar-refractivity contribution in [2.45, 2.75) is 27.7 Å². The number of amides is 1. The Kier molecular flexibility index (Phi) is 4.90. The summed E-state index contributed by atoms with van der Waals surface area (Å²) in [4.78, 5) is 19.1. The highest BCUT2D eigenvalue weighted by atomic mass is 35.5. The van der Waals surface area contributed by atoms with E-state index in [0.29, 0.717) is 18.3 Å². The smallest absolute Gasteiger partial charge is 0.251 e. The van der Waals surface area contributed by atoms with Crippen LogP contribution in [0.5, 0.6) is 0 Å². The molecule has 0 unspecified atom stereocenters. The van der Waals surface area contributed by atoms with Crippen LogP contribution >= 0.6 is 11.6 Å². The largest absolute Gasteiger partial charge is 0.479 e. The molecule has 1 aliphatic carbocycles. The molecule has 0 aliphatic heterocycles. The Hall–Kier alpha value is -2.08. The fraction of sp³-hybridized carbons (Fsp3) is 0.471. The average Bonchev–Trinajstić information content (AvgIpc) is 2.85. The van der Waals surface area contributed by atoms with Gasteiger partial charge in [0.1, 0.15) is 5.15 Å². The number of primary amides is 1. The van der Waals surface area contributed by atoms with Gasteiger partial charge in [0, 0.05) is 18.2 Å². The standard InChI is InChI=1S/C17H23ClN4O2/c1-16(2)11(17(16,3)4)9-24-12(19)7-8-21-13-6-5-10(15(20)23)14(18)22-13/h5-8,11H,9,19H2,1-4H3,(H2,20,23). The molecule has 1 amide bonds. The SMILES string of the molecule is CC1(C)C(COC(N)=CC=Nc2ccc(C(N)=O)c(Cl)n2)C1(C)C. The molecule has 2 rings (SSSR count). The minimum Gasteiger partial charge on any atom is -0.479 e. The minimum absolute atomic E-state index is 0.0172. The van der Waals surface area contributed by atoms with E-state index in [4.69, 9.17) is 27.8 Å². The zero-order valence-corrected chi connectivity index (χ0v) is 15.1. The number of nitrogens with zero attached hydrogens (tertiary/aromatic N) is 2. The van der Waals surface area contributed by atoms with Gasteiger partial charge in [0.05, 0.1) is 12.2 Å². The van der Waals surface area contributed by atoms with Crippen molar-refractivity contribution in [3.63, 3.8) is 0 Å². The highest BCUT2D eigenvalue weighted by Crippen LogP contribution is 2.68. The summed E-state index contributed by atoms with van der Waals surface area (Å²) in [5, 5.41) is 0.0172. The molecule has 1 heterocycles. The summed E-state index contributed by atoms with van der Waals surface area (Å²) in [6, 6.07) is 3.02. The Morgan fingerprint density at radius 1 is 1.33 bits per heavy atom. The fourth-order valence-corrected chi connectivity index (χ4v) is 3.09. The summed E-state index contributed by atoms with van der Waals surface area (Å²) in [7, 11) is 0. The second kappa shape index (κ2) is 6.43. The van der Waals surface area contributed by atoms with E-state index in [1.165, 1.54) is 12.3 Å². The van der Waals surface area contributed by atoms with Crippen LogP contribution in [0.3, 0.4) is 0 Å². The molecular weight excluding hydrogens is 328 g/mol. The lowest BCUT2D eigenvalue weighted by Crippen LogP contribution is -2.11. The zero-order valence-electron chi connectivity index (χ0n) is 14.3. The monoisotopic (exact) mass is 350 g/mol. The number of aromatic nitrogens is 1. The topological polar surface area (TPSA) is 104 Å². The number of carbonyl (C=O) groups is 1. The average molecular weight is 351 g/mol. The van der Waals surface area contributed by atoms with Crippen LogP contribution in [0.25, 0.3) is 0 Å². The second-order valence-electron chi connectivity index (χ2n) is 7.03. The summed E-state index contributed by atoms with van der Waals surface area (Å²) < 4.78 is 5.59. The number of halogens is 1. The van der Waals surface area contributed by atoms with Gasteiger partial charge in [-0.05, 0) is 23.0 Å². The number of aliphatic imine (C=N–C) groups is 1. The number of rotatable bonds is 6. The zero-order chi connectivity index (χ0) is 18.1. The molecule has 1 fully saturated rings. The van der Waals surface area contributed by atoms with Gasteiger partial charge in [0.25, 0.3) is 5.91 Å². The van der Waals surface area contributed by atoms with Gasteiger partial charge >= 0.3 is 0 Å². The Labute approximate surface area is 146 Å². The molecule has 1 aromatic rings. The third-order valence-corrected chi connectivity index (χ3v) is 5.57. The molecule has 1 aromatic heterocycles.